The van der Waals surface area contributed by atoms with Crippen LogP contribution < -0.4 is 9.64 Å². The fourth-order valence-electron chi connectivity index (χ4n) is 3.44. The monoisotopic (exact) mass is 396 g/mol. The minimum atomic E-state index is -0.0938. The Balaban J connectivity index is 1.67. The van der Waals surface area contributed by atoms with E-state index >= 15 is 0 Å². The molecule has 1 aromatic heterocycles. The molecule has 30 heavy (non-hydrogen) atoms. The first-order valence-electron chi connectivity index (χ1n) is 10.2. The first-order valence-corrected chi connectivity index (χ1v) is 10.2. The van der Waals surface area contributed by atoms with Crippen molar-refractivity contribution in [1.29, 1.82) is 0 Å². The zero-order valence-corrected chi connectivity index (χ0v) is 17.0. The van der Waals surface area contributed by atoms with E-state index in [4.69, 9.17) is 4.74 Å². The Morgan fingerprint density at radius 3 is 2.43 bits per heavy atom. The van der Waals surface area contributed by atoms with Crippen molar-refractivity contribution < 1.29 is 9.53 Å². The van der Waals surface area contributed by atoms with Crippen LogP contribution in [0.3, 0.4) is 0 Å². The number of nitrogens with zero attached hydrogens (tertiary/aromatic N) is 2. The number of anilines is 1. The van der Waals surface area contributed by atoms with Gasteiger partial charge in [0.15, 0.2) is 0 Å². The third-order valence-corrected chi connectivity index (χ3v) is 4.95. The molecule has 0 spiro atoms. The normalized spacial score (nSPS) is 10.7. The molecule has 1 amide bonds. The standard InChI is InChI=1S/C26H24N2O2/c1-2-18-30-23-15-13-21(14-16-23)26(29)28(25-12-5-6-17-27-25)19-22-10-7-9-20-8-3-4-11-24(20)22/h3-17H,2,18-19H2,1H3. The van der Waals surface area contributed by atoms with Crippen molar-refractivity contribution >= 4 is 22.5 Å². The van der Waals surface area contributed by atoms with Crippen LogP contribution in [0.1, 0.15) is 29.3 Å². The molecule has 0 aliphatic heterocycles. The lowest BCUT2D eigenvalue weighted by molar-refractivity contribution is 0.0984. The molecule has 0 fully saturated rings. The largest absolute Gasteiger partial charge is 0.494 e. The number of amides is 1. The third-order valence-electron chi connectivity index (χ3n) is 4.95. The second-order valence-corrected chi connectivity index (χ2v) is 7.09. The average molecular weight is 396 g/mol. The highest BCUT2D eigenvalue weighted by atomic mass is 16.5. The van der Waals surface area contributed by atoms with Crippen LogP contribution >= 0.6 is 0 Å². The fraction of sp³-hybridized carbons (Fsp3) is 0.154. The highest BCUT2D eigenvalue weighted by Gasteiger charge is 2.20. The summed E-state index contributed by atoms with van der Waals surface area (Å²) in [5.41, 5.74) is 1.68. The summed E-state index contributed by atoms with van der Waals surface area (Å²) < 4.78 is 5.64. The van der Waals surface area contributed by atoms with E-state index in [2.05, 4.69) is 36.2 Å². The van der Waals surface area contributed by atoms with Gasteiger partial charge in [0.2, 0.25) is 0 Å². The summed E-state index contributed by atoms with van der Waals surface area (Å²) >= 11 is 0. The number of rotatable bonds is 7. The van der Waals surface area contributed by atoms with E-state index in [1.165, 1.54) is 0 Å². The minimum Gasteiger partial charge on any atom is -0.494 e. The quantitative estimate of drug-likeness (QED) is 0.392. The van der Waals surface area contributed by atoms with Crippen molar-refractivity contribution in [1.82, 2.24) is 4.98 Å². The van der Waals surface area contributed by atoms with Crippen molar-refractivity contribution in [2.75, 3.05) is 11.5 Å². The molecule has 4 rings (SSSR count). The van der Waals surface area contributed by atoms with E-state index < -0.39 is 0 Å². The Labute approximate surface area is 176 Å². The molecule has 0 unspecified atom stereocenters. The van der Waals surface area contributed by atoms with Gasteiger partial charge in [-0.25, -0.2) is 4.98 Å². The van der Waals surface area contributed by atoms with Crippen molar-refractivity contribution in [3.8, 4) is 5.75 Å². The molecular formula is C26H24N2O2. The van der Waals surface area contributed by atoms with Crippen LogP contribution in [0, 0.1) is 0 Å². The number of benzene rings is 3. The molecule has 4 nitrogen and oxygen atoms in total. The summed E-state index contributed by atoms with van der Waals surface area (Å²) in [6.45, 7) is 3.16. The highest BCUT2D eigenvalue weighted by Crippen LogP contribution is 2.24. The molecule has 0 bridgehead atoms. The van der Waals surface area contributed by atoms with E-state index in [9.17, 15) is 4.79 Å². The molecule has 0 aliphatic rings. The average Bonchev–Trinajstić information content (AvgIpc) is 2.82. The van der Waals surface area contributed by atoms with Crippen molar-refractivity contribution in [3.63, 3.8) is 0 Å². The van der Waals surface area contributed by atoms with Gasteiger partial charge in [0.1, 0.15) is 11.6 Å². The number of pyridine rings is 1. The van der Waals surface area contributed by atoms with Gasteiger partial charge in [-0.15, -0.1) is 0 Å². The zero-order valence-electron chi connectivity index (χ0n) is 17.0. The minimum absolute atomic E-state index is 0.0938. The molecule has 0 N–H and O–H groups in total. The lowest BCUT2D eigenvalue weighted by Gasteiger charge is -2.23. The van der Waals surface area contributed by atoms with Crippen LogP contribution in [0.5, 0.6) is 5.75 Å². The highest BCUT2D eigenvalue weighted by molar-refractivity contribution is 6.05. The molecule has 150 valence electrons. The SMILES string of the molecule is CCCOc1ccc(C(=O)N(Cc2cccc3ccccc23)c2ccccn2)cc1. The lowest BCUT2D eigenvalue weighted by atomic mass is 10.0. The second kappa shape index (κ2) is 9.23. The van der Waals surface area contributed by atoms with Gasteiger partial charge in [0, 0.05) is 11.8 Å². The maximum absolute atomic E-state index is 13.5. The molecule has 0 atom stereocenters. The van der Waals surface area contributed by atoms with Gasteiger partial charge in [-0.3, -0.25) is 9.69 Å². The number of carbonyl (C=O) groups excluding carboxylic acids is 1. The van der Waals surface area contributed by atoms with Gasteiger partial charge >= 0.3 is 0 Å². The van der Waals surface area contributed by atoms with Gasteiger partial charge < -0.3 is 4.74 Å². The summed E-state index contributed by atoms with van der Waals surface area (Å²) in [4.78, 5) is 19.6. The number of hydrogen-bond acceptors (Lipinski definition) is 3. The van der Waals surface area contributed by atoms with E-state index in [-0.39, 0.29) is 5.91 Å². The van der Waals surface area contributed by atoms with E-state index in [1.54, 1.807) is 11.1 Å². The maximum atomic E-state index is 13.5. The van der Waals surface area contributed by atoms with E-state index in [1.807, 2.05) is 60.7 Å². The predicted molar refractivity (Wildman–Crippen MR) is 121 cm³/mol. The van der Waals surface area contributed by atoms with Gasteiger partial charge in [0.25, 0.3) is 5.91 Å². The Morgan fingerprint density at radius 1 is 0.900 bits per heavy atom. The molecule has 3 aromatic carbocycles. The number of hydrogen-bond donors (Lipinski definition) is 0. The number of fused-ring (bicyclic) bond motifs is 1. The van der Waals surface area contributed by atoms with Crippen molar-refractivity contribution in [3.05, 3.63) is 102 Å². The van der Waals surface area contributed by atoms with Crippen molar-refractivity contribution in [2.24, 2.45) is 0 Å². The van der Waals surface area contributed by atoms with Gasteiger partial charge in [-0.05, 0) is 59.2 Å². The molecule has 0 saturated heterocycles. The van der Waals surface area contributed by atoms with Crippen LogP contribution in [0.4, 0.5) is 5.82 Å². The third kappa shape index (κ3) is 4.33. The zero-order chi connectivity index (χ0) is 20.8. The predicted octanol–water partition coefficient (Wildman–Crippen LogP) is 5.87. The topological polar surface area (TPSA) is 42.4 Å². The van der Waals surface area contributed by atoms with Crippen LogP contribution in [0.15, 0.2) is 91.1 Å². The van der Waals surface area contributed by atoms with E-state index in [0.29, 0.717) is 24.5 Å². The molecule has 0 aliphatic carbocycles. The van der Waals surface area contributed by atoms with Crippen LogP contribution in [-0.4, -0.2) is 17.5 Å². The first-order chi connectivity index (χ1) is 14.8. The first kappa shape index (κ1) is 19.6. The number of aromatic nitrogens is 1. The lowest BCUT2D eigenvalue weighted by Crippen LogP contribution is -2.31. The second-order valence-electron chi connectivity index (χ2n) is 7.09. The molecule has 4 aromatic rings. The van der Waals surface area contributed by atoms with Gasteiger partial charge in [0.05, 0.1) is 13.2 Å². The Morgan fingerprint density at radius 2 is 1.67 bits per heavy atom. The number of ether oxygens (including phenoxy) is 1. The Bertz CT molecular complexity index is 1120. The molecular weight excluding hydrogens is 372 g/mol. The smallest absolute Gasteiger partial charge is 0.259 e. The summed E-state index contributed by atoms with van der Waals surface area (Å²) in [5, 5.41) is 2.29. The van der Waals surface area contributed by atoms with Crippen molar-refractivity contribution in [2.45, 2.75) is 19.9 Å². The van der Waals surface area contributed by atoms with E-state index in [0.717, 1.165) is 28.5 Å². The molecule has 0 radical (unpaired) electrons. The molecule has 4 heteroatoms. The Hall–Kier alpha value is -3.66. The summed E-state index contributed by atoms with van der Waals surface area (Å²) in [7, 11) is 0. The number of carbonyl (C=O) groups is 1. The molecule has 1 heterocycles. The van der Waals surface area contributed by atoms with Gasteiger partial charge in [-0.1, -0.05) is 55.5 Å². The molecule has 0 saturated carbocycles. The van der Waals surface area contributed by atoms with Gasteiger partial charge in [-0.2, -0.15) is 0 Å². The Kier molecular flexibility index (Phi) is 6.04. The summed E-state index contributed by atoms with van der Waals surface area (Å²) in [6, 6.07) is 27.3. The van der Waals surface area contributed by atoms with Crippen LogP contribution in [0.25, 0.3) is 10.8 Å². The summed E-state index contributed by atoms with van der Waals surface area (Å²) in [5.74, 6) is 1.30. The fourth-order valence-corrected chi connectivity index (χ4v) is 3.44. The van der Waals surface area contributed by atoms with Crippen LogP contribution in [-0.2, 0) is 6.54 Å². The van der Waals surface area contributed by atoms with Crippen LogP contribution in [0.2, 0.25) is 0 Å². The maximum Gasteiger partial charge on any atom is 0.259 e. The summed E-state index contributed by atoms with van der Waals surface area (Å²) in [6.07, 6.45) is 2.65.